The lowest BCUT2D eigenvalue weighted by Gasteiger charge is -2.14. The third kappa shape index (κ3) is 6.93. The van der Waals surface area contributed by atoms with E-state index in [4.69, 9.17) is 9.47 Å². The third-order valence-electron chi connectivity index (χ3n) is 3.83. The second-order valence-corrected chi connectivity index (χ2v) is 6.08. The Morgan fingerprint density at radius 3 is 2.13 bits per heavy atom. The Balaban J connectivity index is 1.73. The molecule has 0 aliphatic heterocycles. The first-order chi connectivity index (χ1) is 14.4. The second kappa shape index (κ2) is 11.2. The van der Waals surface area contributed by atoms with E-state index in [1.165, 1.54) is 6.92 Å². The number of carbonyl (C=O) groups is 4. The maximum absolute atomic E-state index is 12.1. The van der Waals surface area contributed by atoms with Crippen LogP contribution in [0.1, 0.15) is 34.6 Å². The van der Waals surface area contributed by atoms with Crippen LogP contribution >= 0.6 is 0 Å². The molecule has 30 heavy (non-hydrogen) atoms. The molecule has 158 valence electrons. The van der Waals surface area contributed by atoms with Gasteiger partial charge in [0.2, 0.25) is 0 Å². The Bertz CT molecular complexity index is 883. The predicted octanol–water partition coefficient (Wildman–Crippen LogP) is 1.21. The van der Waals surface area contributed by atoms with Gasteiger partial charge in [0.1, 0.15) is 12.3 Å². The summed E-state index contributed by atoms with van der Waals surface area (Å²) >= 11 is 0. The van der Waals surface area contributed by atoms with Crippen molar-refractivity contribution in [3.05, 3.63) is 65.7 Å². The van der Waals surface area contributed by atoms with Crippen molar-refractivity contribution in [1.82, 2.24) is 16.2 Å². The number of hydrazine groups is 1. The zero-order chi connectivity index (χ0) is 21.9. The Morgan fingerprint density at radius 1 is 0.867 bits per heavy atom. The molecule has 0 radical (unpaired) electrons. The summed E-state index contributed by atoms with van der Waals surface area (Å²) in [5, 5.41) is 2.41. The molecule has 0 spiro atoms. The highest BCUT2D eigenvalue weighted by Crippen LogP contribution is 2.11. The van der Waals surface area contributed by atoms with Crippen LogP contribution in [-0.4, -0.2) is 42.9 Å². The first-order valence-electron chi connectivity index (χ1n) is 9.26. The van der Waals surface area contributed by atoms with Crippen molar-refractivity contribution in [2.45, 2.75) is 20.0 Å². The van der Waals surface area contributed by atoms with Gasteiger partial charge in [0, 0.05) is 11.1 Å². The van der Waals surface area contributed by atoms with Crippen LogP contribution in [0.4, 0.5) is 0 Å². The minimum absolute atomic E-state index is 0.348. The van der Waals surface area contributed by atoms with Crippen molar-refractivity contribution >= 4 is 23.7 Å². The summed E-state index contributed by atoms with van der Waals surface area (Å²) in [4.78, 5) is 47.8. The van der Waals surface area contributed by atoms with Gasteiger partial charge in [0.05, 0.1) is 6.61 Å². The molecule has 0 saturated heterocycles. The first kappa shape index (κ1) is 22.4. The molecule has 0 aromatic heterocycles. The molecule has 0 fully saturated rings. The second-order valence-electron chi connectivity index (χ2n) is 6.08. The smallest absolute Gasteiger partial charge is 0.326 e. The van der Waals surface area contributed by atoms with Crippen LogP contribution < -0.4 is 20.9 Å². The molecular formula is C21H23N3O6. The molecule has 0 heterocycles. The van der Waals surface area contributed by atoms with Crippen molar-refractivity contribution in [2.75, 3.05) is 13.2 Å². The van der Waals surface area contributed by atoms with Crippen LogP contribution in [0, 0.1) is 0 Å². The molecule has 1 atom stereocenters. The molecule has 3 N–H and O–H groups in total. The van der Waals surface area contributed by atoms with Gasteiger partial charge >= 0.3 is 5.97 Å². The van der Waals surface area contributed by atoms with Crippen LogP contribution in [0.2, 0.25) is 0 Å². The van der Waals surface area contributed by atoms with E-state index in [0.29, 0.717) is 23.5 Å². The average Bonchev–Trinajstić information content (AvgIpc) is 2.76. The Morgan fingerprint density at radius 2 is 1.50 bits per heavy atom. The lowest BCUT2D eigenvalue weighted by molar-refractivity contribution is -0.154. The van der Waals surface area contributed by atoms with Crippen molar-refractivity contribution in [3.8, 4) is 5.75 Å². The van der Waals surface area contributed by atoms with E-state index in [-0.39, 0.29) is 0 Å². The molecule has 2 rings (SSSR count). The lowest BCUT2D eigenvalue weighted by Crippen LogP contribution is -2.47. The number of ether oxygens (including phenoxy) is 2. The van der Waals surface area contributed by atoms with Gasteiger partial charge in [0.25, 0.3) is 17.7 Å². The number of hydrogen-bond donors (Lipinski definition) is 3. The fourth-order valence-corrected chi connectivity index (χ4v) is 2.30. The van der Waals surface area contributed by atoms with E-state index >= 15 is 0 Å². The highest BCUT2D eigenvalue weighted by atomic mass is 16.5. The Hall–Kier alpha value is -3.88. The maximum atomic E-state index is 12.1. The highest BCUT2D eigenvalue weighted by molar-refractivity contribution is 5.97. The summed E-state index contributed by atoms with van der Waals surface area (Å²) in [6.45, 7) is 3.29. The highest BCUT2D eigenvalue weighted by Gasteiger charge is 2.19. The fraction of sp³-hybridized carbons (Fsp3) is 0.238. The normalized spacial score (nSPS) is 11.0. The number of nitrogens with one attached hydrogen (secondary N) is 3. The fourth-order valence-electron chi connectivity index (χ4n) is 2.30. The van der Waals surface area contributed by atoms with E-state index in [2.05, 4.69) is 16.2 Å². The molecule has 2 aromatic rings. The monoisotopic (exact) mass is 413 g/mol. The van der Waals surface area contributed by atoms with Gasteiger partial charge in [-0.05, 0) is 50.2 Å². The lowest BCUT2D eigenvalue weighted by atomic mass is 10.2. The molecular weight excluding hydrogens is 390 g/mol. The van der Waals surface area contributed by atoms with Crippen molar-refractivity contribution in [3.63, 3.8) is 0 Å². The largest absolute Gasteiger partial charge is 0.494 e. The van der Waals surface area contributed by atoms with Gasteiger partial charge in [-0.2, -0.15) is 0 Å². The summed E-state index contributed by atoms with van der Waals surface area (Å²) in [6, 6.07) is 14.7. The van der Waals surface area contributed by atoms with E-state index in [9.17, 15) is 19.2 Å². The van der Waals surface area contributed by atoms with Gasteiger partial charge in [0.15, 0.2) is 6.10 Å². The average molecular weight is 413 g/mol. The zero-order valence-electron chi connectivity index (χ0n) is 16.6. The van der Waals surface area contributed by atoms with Crippen LogP contribution in [0.25, 0.3) is 0 Å². The number of benzene rings is 2. The molecule has 0 bridgehead atoms. The van der Waals surface area contributed by atoms with Gasteiger partial charge in [-0.3, -0.25) is 30.0 Å². The van der Waals surface area contributed by atoms with Crippen LogP contribution in [0.5, 0.6) is 5.75 Å². The van der Waals surface area contributed by atoms with E-state index in [0.717, 1.165) is 0 Å². The standard InChI is InChI=1S/C21H23N3O6/c1-3-29-17-11-9-16(10-12-17)20(27)22-13-18(25)30-14(2)19(26)23-24-21(28)15-7-5-4-6-8-15/h4-12,14H,3,13H2,1-2H3,(H,22,27)(H,23,26)(H,24,28)/t14-/m0/s1. The zero-order valence-corrected chi connectivity index (χ0v) is 16.6. The molecule has 3 amide bonds. The van der Waals surface area contributed by atoms with Crippen LogP contribution in [0.3, 0.4) is 0 Å². The predicted molar refractivity (Wildman–Crippen MR) is 108 cm³/mol. The summed E-state index contributed by atoms with van der Waals surface area (Å²) in [5.41, 5.74) is 5.11. The molecule has 0 aliphatic carbocycles. The SMILES string of the molecule is CCOc1ccc(C(=O)NCC(=O)O[C@@H](C)C(=O)NNC(=O)c2ccccc2)cc1. The van der Waals surface area contributed by atoms with Gasteiger partial charge in [-0.15, -0.1) is 0 Å². The first-order valence-corrected chi connectivity index (χ1v) is 9.26. The van der Waals surface area contributed by atoms with Crippen LogP contribution in [-0.2, 0) is 14.3 Å². The topological polar surface area (TPSA) is 123 Å². The van der Waals surface area contributed by atoms with Gasteiger partial charge in [-0.25, -0.2) is 0 Å². The molecule has 0 unspecified atom stereocenters. The number of hydrogen-bond acceptors (Lipinski definition) is 6. The van der Waals surface area contributed by atoms with Crippen molar-refractivity contribution < 1.29 is 28.7 Å². The molecule has 2 aromatic carbocycles. The van der Waals surface area contributed by atoms with E-state index < -0.39 is 36.3 Å². The van der Waals surface area contributed by atoms with Crippen LogP contribution in [0.15, 0.2) is 54.6 Å². The van der Waals surface area contributed by atoms with E-state index in [1.807, 2.05) is 6.92 Å². The minimum Gasteiger partial charge on any atom is -0.494 e. The molecule has 0 aliphatic rings. The van der Waals surface area contributed by atoms with Gasteiger partial charge < -0.3 is 14.8 Å². The molecule has 0 saturated carbocycles. The third-order valence-corrected chi connectivity index (χ3v) is 3.83. The quantitative estimate of drug-likeness (QED) is 0.442. The number of rotatable bonds is 8. The molecule has 9 heteroatoms. The van der Waals surface area contributed by atoms with E-state index in [1.54, 1.807) is 54.6 Å². The minimum atomic E-state index is -1.17. The summed E-state index contributed by atoms with van der Waals surface area (Å²) in [7, 11) is 0. The molecule has 9 nitrogen and oxygen atoms in total. The number of carbonyl (C=O) groups excluding carboxylic acids is 4. The Kier molecular flexibility index (Phi) is 8.37. The number of esters is 1. The summed E-state index contributed by atoms with van der Waals surface area (Å²) < 4.78 is 10.2. The van der Waals surface area contributed by atoms with Gasteiger partial charge in [-0.1, -0.05) is 18.2 Å². The number of amides is 3. The maximum Gasteiger partial charge on any atom is 0.326 e. The van der Waals surface area contributed by atoms with Crippen molar-refractivity contribution in [2.24, 2.45) is 0 Å². The Labute approximate surface area is 173 Å². The summed E-state index contributed by atoms with van der Waals surface area (Å²) in [6.07, 6.45) is -1.17. The van der Waals surface area contributed by atoms with Crippen molar-refractivity contribution in [1.29, 1.82) is 0 Å². The summed E-state index contributed by atoms with van der Waals surface area (Å²) in [5.74, 6) is -1.86.